The average molecular weight is 352 g/mol. The van der Waals surface area contributed by atoms with Crippen molar-refractivity contribution in [3.05, 3.63) is 70.1 Å². The summed E-state index contributed by atoms with van der Waals surface area (Å²) in [5.41, 5.74) is 1.12. The van der Waals surface area contributed by atoms with Crippen LogP contribution in [0.5, 0.6) is 0 Å². The minimum Gasteiger partial charge on any atom is -0.468 e. The van der Waals surface area contributed by atoms with Crippen molar-refractivity contribution in [1.82, 2.24) is 9.88 Å². The molecule has 2 rings (SSSR count). The van der Waals surface area contributed by atoms with Crippen molar-refractivity contribution in [1.29, 1.82) is 0 Å². The molecular formula is C20H20N2O4. The first-order chi connectivity index (χ1) is 12.6. The van der Waals surface area contributed by atoms with E-state index in [9.17, 15) is 14.4 Å². The van der Waals surface area contributed by atoms with E-state index < -0.39 is 5.97 Å². The van der Waals surface area contributed by atoms with Crippen LogP contribution in [0.1, 0.15) is 28.8 Å². The third-order valence-corrected chi connectivity index (χ3v) is 3.58. The second-order valence-electron chi connectivity index (χ2n) is 5.48. The third kappa shape index (κ3) is 5.95. The monoisotopic (exact) mass is 352 g/mol. The summed E-state index contributed by atoms with van der Waals surface area (Å²) in [6.07, 6.45) is 3.16. The maximum Gasteiger partial charge on any atom is 0.325 e. The van der Waals surface area contributed by atoms with Crippen LogP contribution < -0.4 is 10.9 Å². The molecule has 1 heterocycles. The van der Waals surface area contributed by atoms with E-state index in [1.165, 1.54) is 13.2 Å². The molecule has 0 fully saturated rings. The Balaban J connectivity index is 1.87. The lowest BCUT2D eigenvalue weighted by molar-refractivity contribution is -0.139. The van der Waals surface area contributed by atoms with Gasteiger partial charge in [0.15, 0.2) is 0 Å². The Morgan fingerprint density at radius 3 is 2.81 bits per heavy atom. The van der Waals surface area contributed by atoms with Crippen LogP contribution in [0.3, 0.4) is 0 Å². The van der Waals surface area contributed by atoms with Crippen molar-refractivity contribution in [2.45, 2.75) is 19.4 Å². The van der Waals surface area contributed by atoms with Gasteiger partial charge in [-0.3, -0.25) is 14.4 Å². The Kier molecular flexibility index (Phi) is 7.19. The lowest BCUT2D eigenvalue weighted by Gasteiger charge is -2.04. The highest BCUT2D eigenvalue weighted by molar-refractivity contribution is 5.96. The van der Waals surface area contributed by atoms with Crippen LogP contribution in [0.4, 0.5) is 0 Å². The van der Waals surface area contributed by atoms with Crippen LogP contribution in [0.25, 0.3) is 0 Å². The Morgan fingerprint density at radius 2 is 2.04 bits per heavy atom. The highest BCUT2D eigenvalue weighted by Crippen LogP contribution is 2.04. The van der Waals surface area contributed by atoms with E-state index in [1.807, 2.05) is 12.1 Å². The molecule has 2 aromatic rings. The minimum atomic E-state index is -0.508. The van der Waals surface area contributed by atoms with Gasteiger partial charge in [0.2, 0.25) is 5.56 Å². The molecule has 26 heavy (non-hydrogen) atoms. The predicted molar refractivity (Wildman–Crippen MR) is 97.6 cm³/mol. The molecular weight excluding hydrogens is 332 g/mol. The van der Waals surface area contributed by atoms with Gasteiger partial charge in [-0.05, 0) is 30.7 Å². The maximum absolute atomic E-state index is 12.0. The Hall–Kier alpha value is -3.33. The first-order valence-electron chi connectivity index (χ1n) is 8.19. The van der Waals surface area contributed by atoms with Crippen LogP contribution >= 0.6 is 0 Å². The van der Waals surface area contributed by atoms with Gasteiger partial charge in [-0.2, -0.15) is 0 Å². The fourth-order valence-electron chi connectivity index (χ4n) is 2.21. The van der Waals surface area contributed by atoms with Crippen LogP contribution in [-0.4, -0.2) is 30.1 Å². The number of nitrogens with one attached hydrogen (secondary N) is 1. The number of carbonyl (C=O) groups is 2. The molecule has 0 aliphatic heterocycles. The van der Waals surface area contributed by atoms with Gasteiger partial charge in [0.1, 0.15) is 6.54 Å². The third-order valence-electron chi connectivity index (χ3n) is 3.58. The van der Waals surface area contributed by atoms with Gasteiger partial charge in [-0.25, -0.2) is 0 Å². The second-order valence-corrected chi connectivity index (χ2v) is 5.48. The molecule has 6 heteroatoms. The maximum atomic E-state index is 12.0. The van der Waals surface area contributed by atoms with Gasteiger partial charge in [0.05, 0.1) is 7.11 Å². The molecule has 0 saturated carbocycles. The fraction of sp³-hybridized carbons (Fsp3) is 0.250. The van der Waals surface area contributed by atoms with Crippen LogP contribution in [0, 0.1) is 11.8 Å². The number of benzene rings is 1. The van der Waals surface area contributed by atoms with Crippen LogP contribution in [0.15, 0.2) is 53.5 Å². The zero-order valence-electron chi connectivity index (χ0n) is 14.5. The van der Waals surface area contributed by atoms with Gasteiger partial charge in [-0.1, -0.05) is 24.0 Å². The first kappa shape index (κ1) is 19.0. The molecule has 1 amide bonds. The average Bonchev–Trinajstić information content (AvgIpc) is 2.67. The van der Waals surface area contributed by atoms with E-state index >= 15 is 0 Å². The summed E-state index contributed by atoms with van der Waals surface area (Å²) in [6.45, 7) is 0.439. The van der Waals surface area contributed by atoms with Crippen molar-refractivity contribution in [3.63, 3.8) is 0 Å². The number of hydrogen-bond donors (Lipinski definition) is 1. The number of rotatable bonds is 6. The highest BCUT2D eigenvalue weighted by Gasteiger charge is 2.07. The topological polar surface area (TPSA) is 77.4 Å². The van der Waals surface area contributed by atoms with Gasteiger partial charge >= 0.3 is 5.97 Å². The first-order valence-corrected chi connectivity index (χ1v) is 8.19. The fourth-order valence-corrected chi connectivity index (χ4v) is 2.21. The van der Waals surface area contributed by atoms with E-state index in [4.69, 9.17) is 0 Å². The van der Waals surface area contributed by atoms with Crippen molar-refractivity contribution < 1.29 is 14.3 Å². The number of nitrogens with zero attached hydrogens (tertiary/aromatic N) is 1. The molecule has 0 spiro atoms. The number of pyridine rings is 1. The summed E-state index contributed by atoms with van der Waals surface area (Å²) in [7, 11) is 1.26. The molecule has 1 aromatic heterocycles. The standard InChI is InChI=1S/C20H20N2O4/c1-26-19(24)15-21-20(25)17-10-7-9-16(14-17)8-3-2-5-12-22-13-6-4-11-18(22)23/h4,6-7,9-11,13-14H,2,5,12,15H2,1H3,(H,21,25). The molecule has 0 radical (unpaired) electrons. The van der Waals surface area contributed by atoms with Crippen LogP contribution in [-0.2, 0) is 16.1 Å². The number of aryl methyl sites for hydroxylation is 1. The number of methoxy groups -OCH3 is 1. The molecule has 134 valence electrons. The molecule has 0 unspecified atom stereocenters. The van der Waals surface area contributed by atoms with E-state index in [0.29, 0.717) is 24.1 Å². The molecule has 0 aliphatic carbocycles. The molecule has 0 saturated heterocycles. The SMILES string of the molecule is COC(=O)CNC(=O)c1cccc(C#CCCCn2ccccc2=O)c1. The lowest BCUT2D eigenvalue weighted by Crippen LogP contribution is -2.30. The second kappa shape index (κ2) is 9.84. The number of unbranched alkanes of at least 4 members (excludes halogenated alkanes) is 1. The zero-order chi connectivity index (χ0) is 18.8. The van der Waals surface area contributed by atoms with Gasteiger partial charge < -0.3 is 14.6 Å². The normalized spacial score (nSPS) is 9.73. The lowest BCUT2D eigenvalue weighted by atomic mass is 10.1. The van der Waals surface area contributed by atoms with Crippen molar-refractivity contribution in [3.8, 4) is 11.8 Å². The van der Waals surface area contributed by atoms with Gasteiger partial charge in [0, 0.05) is 36.4 Å². The number of esters is 1. The number of hydrogen-bond acceptors (Lipinski definition) is 4. The van der Waals surface area contributed by atoms with E-state index in [2.05, 4.69) is 21.9 Å². The Morgan fingerprint density at radius 1 is 1.19 bits per heavy atom. The number of aromatic nitrogens is 1. The smallest absolute Gasteiger partial charge is 0.325 e. The molecule has 0 aliphatic rings. The van der Waals surface area contributed by atoms with E-state index in [1.54, 1.807) is 35.0 Å². The van der Waals surface area contributed by atoms with Crippen LogP contribution in [0.2, 0.25) is 0 Å². The molecule has 1 N–H and O–H groups in total. The summed E-state index contributed by atoms with van der Waals surface area (Å²) >= 11 is 0. The molecule has 6 nitrogen and oxygen atoms in total. The molecule has 0 bridgehead atoms. The zero-order valence-corrected chi connectivity index (χ0v) is 14.5. The minimum absolute atomic E-state index is 0.0221. The van der Waals surface area contributed by atoms with Crippen molar-refractivity contribution in [2.24, 2.45) is 0 Å². The molecule has 1 aromatic carbocycles. The summed E-state index contributed by atoms with van der Waals surface area (Å²) in [4.78, 5) is 34.6. The number of ether oxygens (including phenoxy) is 1. The Bertz CT molecular complexity index is 890. The molecule has 0 atom stereocenters. The van der Waals surface area contributed by atoms with Gasteiger partial charge in [0.25, 0.3) is 5.91 Å². The van der Waals surface area contributed by atoms with Gasteiger partial charge in [-0.15, -0.1) is 0 Å². The summed E-state index contributed by atoms with van der Waals surface area (Å²) in [6, 6.07) is 11.9. The highest BCUT2D eigenvalue weighted by atomic mass is 16.5. The summed E-state index contributed by atoms with van der Waals surface area (Å²) in [5, 5.41) is 2.48. The van der Waals surface area contributed by atoms with Crippen molar-refractivity contribution in [2.75, 3.05) is 13.7 Å². The van der Waals surface area contributed by atoms with E-state index in [-0.39, 0.29) is 18.0 Å². The summed E-state index contributed by atoms with van der Waals surface area (Å²) in [5.74, 6) is 5.19. The quantitative estimate of drug-likeness (QED) is 0.486. The number of amides is 1. The predicted octanol–water partition coefficient (Wildman–Crippen LogP) is 1.58. The van der Waals surface area contributed by atoms with Crippen molar-refractivity contribution >= 4 is 11.9 Å². The largest absolute Gasteiger partial charge is 0.468 e. The number of carbonyl (C=O) groups excluding carboxylic acids is 2. The summed E-state index contributed by atoms with van der Waals surface area (Å²) < 4.78 is 6.13. The Labute approximate surface area is 151 Å². The van der Waals surface area contributed by atoms with E-state index in [0.717, 1.165) is 6.42 Å².